The summed E-state index contributed by atoms with van der Waals surface area (Å²) in [7, 11) is 1.56. The van der Waals surface area contributed by atoms with Gasteiger partial charge in [0, 0.05) is 0 Å². The Morgan fingerprint density at radius 1 is 0.917 bits per heavy atom. The van der Waals surface area contributed by atoms with E-state index in [1.807, 2.05) is 6.07 Å². The van der Waals surface area contributed by atoms with Crippen LogP contribution < -0.4 is 4.74 Å². The van der Waals surface area contributed by atoms with Crippen molar-refractivity contribution in [1.29, 1.82) is 0 Å². The van der Waals surface area contributed by atoms with Gasteiger partial charge in [0.05, 0.1) is 7.11 Å². The molecule has 0 aliphatic heterocycles. The number of halogens is 1. The first kappa shape index (κ1) is 16.4. The average molecular weight is 330 g/mol. The molecule has 0 saturated heterocycles. The van der Waals surface area contributed by atoms with Crippen LogP contribution in [0, 0.1) is 35.4 Å². The minimum atomic E-state index is -0.113. The van der Waals surface area contributed by atoms with Crippen LogP contribution in [-0.4, -0.2) is 7.11 Å². The molecule has 4 rings (SSSR count). The second-order valence-electron chi connectivity index (χ2n) is 8.73. The van der Waals surface area contributed by atoms with Crippen LogP contribution in [0.1, 0.15) is 63.0 Å². The Morgan fingerprint density at radius 2 is 1.62 bits per heavy atom. The molecular weight excluding hydrogens is 299 g/mol. The lowest BCUT2D eigenvalue weighted by atomic mass is 9.61. The quantitative estimate of drug-likeness (QED) is 0.666. The maximum atomic E-state index is 14.5. The number of hydrogen-bond acceptors (Lipinski definition) is 1. The van der Waals surface area contributed by atoms with E-state index in [4.69, 9.17) is 4.74 Å². The summed E-state index contributed by atoms with van der Waals surface area (Å²) in [5.41, 5.74) is 2.16. The maximum absolute atomic E-state index is 14.5. The fraction of sp³-hybridized carbons (Fsp3) is 0.727. The predicted octanol–water partition coefficient (Wildman–Crippen LogP) is 5.79. The number of methoxy groups -OCH3 is 1. The van der Waals surface area contributed by atoms with Gasteiger partial charge in [0.25, 0.3) is 0 Å². The van der Waals surface area contributed by atoms with Gasteiger partial charge < -0.3 is 4.74 Å². The molecule has 2 saturated carbocycles. The molecule has 24 heavy (non-hydrogen) atoms. The topological polar surface area (TPSA) is 9.23 Å². The molecule has 1 aromatic carbocycles. The van der Waals surface area contributed by atoms with Gasteiger partial charge in [0.1, 0.15) is 0 Å². The van der Waals surface area contributed by atoms with E-state index >= 15 is 0 Å². The van der Waals surface area contributed by atoms with Crippen molar-refractivity contribution in [3.05, 3.63) is 29.1 Å². The van der Waals surface area contributed by atoms with E-state index in [1.54, 1.807) is 7.11 Å². The Morgan fingerprint density at radius 3 is 2.42 bits per heavy atom. The molecule has 0 spiro atoms. The number of ether oxygens (including phenoxy) is 1. The van der Waals surface area contributed by atoms with Gasteiger partial charge in [0.2, 0.25) is 0 Å². The summed E-state index contributed by atoms with van der Waals surface area (Å²) in [5, 5.41) is 0. The number of fused-ring (bicyclic) bond motifs is 2. The summed E-state index contributed by atoms with van der Waals surface area (Å²) < 4.78 is 19.6. The third-order valence-corrected chi connectivity index (χ3v) is 7.35. The van der Waals surface area contributed by atoms with E-state index in [-0.39, 0.29) is 5.82 Å². The lowest BCUT2D eigenvalue weighted by Gasteiger charge is -2.44. The molecule has 0 radical (unpaired) electrons. The summed E-state index contributed by atoms with van der Waals surface area (Å²) in [4.78, 5) is 0. The van der Waals surface area contributed by atoms with Gasteiger partial charge in [-0.05, 0) is 98.1 Å². The zero-order valence-electron chi connectivity index (χ0n) is 15.2. The fourth-order valence-electron chi connectivity index (χ4n) is 5.96. The molecule has 0 N–H and O–H groups in total. The van der Waals surface area contributed by atoms with Crippen LogP contribution in [0.2, 0.25) is 0 Å². The second kappa shape index (κ2) is 6.69. The first-order chi connectivity index (χ1) is 11.7. The van der Waals surface area contributed by atoms with E-state index in [2.05, 4.69) is 13.0 Å². The first-order valence-electron chi connectivity index (χ1n) is 10.00. The molecule has 3 aliphatic rings. The van der Waals surface area contributed by atoms with Crippen molar-refractivity contribution in [3.8, 4) is 5.75 Å². The molecule has 2 fully saturated rings. The van der Waals surface area contributed by atoms with Crippen molar-refractivity contribution >= 4 is 0 Å². The van der Waals surface area contributed by atoms with E-state index in [9.17, 15) is 4.39 Å². The van der Waals surface area contributed by atoms with Crippen LogP contribution in [0.4, 0.5) is 4.39 Å². The third-order valence-electron chi connectivity index (χ3n) is 7.35. The molecule has 5 atom stereocenters. The van der Waals surface area contributed by atoms with Crippen molar-refractivity contribution in [1.82, 2.24) is 0 Å². The second-order valence-corrected chi connectivity index (χ2v) is 8.73. The number of benzene rings is 1. The Kier molecular flexibility index (Phi) is 4.58. The summed E-state index contributed by atoms with van der Waals surface area (Å²) in [6, 6.07) is 3.92. The minimum Gasteiger partial charge on any atom is -0.494 e. The number of hydrogen-bond donors (Lipinski definition) is 0. The summed E-state index contributed by atoms with van der Waals surface area (Å²) in [6.45, 7) is 2.43. The molecule has 2 heteroatoms. The minimum absolute atomic E-state index is 0.113. The largest absolute Gasteiger partial charge is 0.494 e. The lowest BCUT2D eigenvalue weighted by Crippen LogP contribution is -2.34. The highest BCUT2D eigenvalue weighted by atomic mass is 19.1. The summed E-state index contributed by atoms with van der Waals surface area (Å²) in [6.07, 6.45) is 11.8. The molecule has 3 aliphatic carbocycles. The highest BCUT2D eigenvalue weighted by Crippen LogP contribution is 2.48. The smallest absolute Gasteiger partial charge is 0.168 e. The highest BCUT2D eigenvalue weighted by molar-refractivity contribution is 5.39. The Balaban J connectivity index is 1.45. The van der Waals surface area contributed by atoms with Crippen LogP contribution in [0.15, 0.2) is 12.1 Å². The third kappa shape index (κ3) is 2.97. The van der Waals surface area contributed by atoms with E-state index < -0.39 is 0 Å². The molecule has 0 heterocycles. The summed E-state index contributed by atoms with van der Waals surface area (Å²) >= 11 is 0. The molecule has 1 nitrogen and oxygen atoms in total. The van der Waals surface area contributed by atoms with Gasteiger partial charge in [-0.25, -0.2) is 4.39 Å². The zero-order chi connectivity index (χ0) is 16.7. The Labute approximate surface area is 146 Å². The van der Waals surface area contributed by atoms with E-state index in [0.717, 1.165) is 54.4 Å². The molecule has 0 amide bonds. The Bertz CT molecular complexity index is 596. The molecule has 5 unspecified atom stereocenters. The van der Waals surface area contributed by atoms with Crippen molar-refractivity contribution in [2.24, 2.45) is 29.6 Å². The van der Waals surface area contributed by atoms with Crippen molar-refractivity contribution < 1.29 is 9.13 Å². The van der Waals surface area contributed by atoms with Crippen LogP contribution in [0.3, 0.4) is 0 Å². The molecule has 1 aromatic rings. The first-order valence-corrected chi connectivity index (χ1v) is 10.00. The normalized spacial score (nSPS) is 35.9. The predicted molar refractivity (Wildman–Crippen MR) is 95.8 cm³/mol. The summed E-state index contributed by atoms with van der Waals surface area (Å²) in [5.74, 6) is 4.87. The van der Waals surface area contributed by atoms with E-state index in [1.165, 1.54) is 44.1 Å². The maximum Gasteiger partial charge on any atom is 0.168 e. The van der Waals surface area contributed by atoms with Crippen molar-refractivity contribution in [2.45, 2.75) is 64.7 Å². The van der Waals surface area contributed by atoms with Crippen molar-refractivity contribution in [3.63, 3.8) is 0 Å². The SMILES string of the molecule is COc1ccc2c(c1F)CCC(C1CCC3CC(C)CCC3C1)C2. The van der Waals surface area contributed by atoms with Gasteiger partial charge in [-0.3, -0.25) is 0 Å². The van der Waals surface area contributed by atoms with Gasteiger partial charge in [0.15, 0.2) is 11.6 Å². The number of rotatable bonds is 2. The van der Waals surface area contributed by atoms with Crippen LogP contribution >= 0.6 is 0 Å². The standard InChI is InChI=1S/C22H31FO/c1-14-3-4-16-12-17(6-5-15(16)11-14)18-7-9-20-19(13-18)8-10-21(24-2)22(20)23/h8,10,14-18H,3-7,9,11-13H2,1-2H3. The van der Waals surface area contributed by atoms with Gasteiger partial charge >= 0.3 is 0 Å². The molecule has 132 valence electrons. The average Bonchev–Trinajstić information content (AvgIpc) is 2.61. The van der Waals surface area contributed by atoms with Gasteiger partial charge in [-0.2, -0.15) is 0 Å². The fourth-order valence-corrected chi connectivity index (χ4v) is 5.96. The van der Waals surface area contributed by atoms with Gasteiger partial charge in [-0.1, -0.05) is 19.4 Å². The van der Waals surface area contributed by atoms with Crippen LogP contribution in [0.25, 0.3) is 0 Å². The van der Waals surface area contributed by atoms with Gasteiger partial charge in [-0.15, -0.1) is 0 Å². The monoisotopic (exact) mass is 330 g/mol. The van der Waals surface area contributed by atoms with Crippen LogP contribution in [-0.2, 0) is 12.8 Å². The van der Waals surface area contributed by atoms with Crippen LogP contribution in [0.5, 0.6) is 5.75 Å². The van der Waals surface area contributed by atoms with E-state index in [0.29, 0.717) is 5.75 Å². The molecule has 0 bridgehead atoms. The highest BCUT2D eigenvalue weighted by Gasteiger charge is 2.38. The van der Waals surface area contributed by atoms with Crippen molar-refractivity contribution in [2.75, 3.05) is 7.11 Å². The zero-order valence-corrected chi connectivity index (χ0v) is 15.2. The lowest BCUT2D eigenvalue weighted by molar-refractivity contribution is 0.0755. The molecule has 0 aromatic heterocycles. The molecular formula is C22H31FO. The Hall–Kier alpha value is -1.05.